The quantitative estimate of drug-likeness (QED) is 0.689. The number of nitrogens with zero attached hydrogens (tertiary/aromatic N) is 2. The van der Waals surface area contributed by atoms with E-state index in [1.54, 1.807) is 13.2 Å². The Morgan fingerprint density at radius 3 is 2.62 bits per heavy atom. The van der Waals surface area contributed by atoms with E-state index in [0.29, 0.717) is 10.6 Å². The molecule has 136 valence electrons. The van der Waals surface area contributed by atoms with Gasteiger partial charge < -0.3 is 9.30 Å². The second-order valence-electron chi connectivity index (χ2n) is 5.92. The lowest BCUT2D eigenvalue weighted by atomic mass is 10.2. The van der Waals surface area contributed by atoms with Gasteiger partial charge in [-0.25, -0.2) is 8.42 Å². The van der Waals surface area contributed by atoms with Gasteiger partial charge in [0.25, 0.3) is 5.91 Å². The Morgan fingerprint density at radius 2 is 1.96 bits per heavy atom. The fourth-order valence-electron chi connectivity index (χ4n) is 2.63. The lowest BCUT2D eigenvalue weighted by Crippen LogP contribution is -2.13. The number of hydrogen-bond acceptors (Lipinski definition) is 5. The topological polar surface area (TPSA) is 77.7 Å². The molecule has 0 aliphatic rings. The summed E-state index contributed by atoms with van der Waals surface area (Å²) in [6.45, 7) is 1.99. The van der Waals surface area contributed by atoms with Crippen LogP contribution in [0.2, 0.25) is 0 Å². The largest absolute Gasteiger partial charge is 0.495 e. The van der Waals surface area contributed by atoms with Crippen LogP contribution in [0.3, 0.4) is 0 Å². The van der Waals surface area contributed by atoms with Gasteiger partial charge in [0, 0.05) is 18.9 Å². The molecule has 0 unspecified atom stereocenters. The Hall–Kier alpha value is -2.45. The van der Waals surface area contributed by atoms with Gasteiger partial charge in [0.05, 0.1) is 16.7 Å². The summed E-state index contributed by atoms with van der Waals surface area (Å²) < 4.78 is 31.6. The first-order chi connectivity index (χ1) is 12.2. The molecule has 0 aliphatic heterocycles. The number of carbonyl (C=O) groups excluding carboxylic acids is 1. The predicted molar refractivity (Wildman–Crippen MR) is 102 cm³/mol. The van der Waals surface area contributed by atoms with Crippen LogP contribution in [0, 0.1) is 6.92 Å². The Balaban J connectivity index is 2.15. The molecular weight excluding hydrogens is 372 g/mol. The summed E-state index contributed by atoms with van der Waals surface area (Å²) in [5.74, 6) is 0.214. The van der Waals surface area contributed by atoms with E-state index >= 15 is 0 Å². The van der Waals surface area contributed by atoms with E-state index in [-0.39, 0.29) is 10.5 Å². The van der Waals surface area contributed by atoms with Gasteiger partial charge in [-0.05, 0) is 36.8 Å². The maximum absolute atomic E-state index is 12.6. The molecule has 0 atom stereocenters. The molecule has 0 bridgehead atoms. The van der Waals surface area contributed by atoms with Crippen molar-refractivity contribution < 1.29 is 17.9 Å². The lowest BCUT2D eigenvalue weighted by Gasteiger charge is -2.05. The van der Waals surface area contributed by atoms with Crippen molar-refractivity contribution in [3.63, 3.8) is 0 Å². The van der Waals surface area contributed by atoms with E-state index < -0.39 is 15.7 Å². The molecule has 0 aliphatic carbocycles. The summed E-state index contributed by atoms with van der Waals surface area (Å²) in [4.78, 5) is 17.4. The van der Waals surface area contributed by atoms with E-state index in [4.69, 9.17) is 4.74 Å². The molecule has 3 rings (SSSR count). The van der Waals surface area contributed by atoms with Crippen LogP contribution in [-0.2, 0) is 16.9 Å². The van der Waals surface area contributed by atoms with Crippen LogP contribution in [0.25, 0.3) is 10.2 Å². The molecular formula is C18H18N2O4S2. The minimum atomic E-state index is -3.39. The number of carbonyl (C=O) groups is 1. The van der Waals surface area contributed by atoms with Crippen LogP contribution in [0.1, 0.15) is 15.9 Å². The highest BCUT2D eigenvalue weighted by Crippen LogP contribution is 2.29. The van der Waals surface area contributed by atoms with E-state index in [9.17, 15) is 13.2 Å². The number of aryl methyl sites for hydroxylation is 2. The number of aromatic nitrogens is 1. The first kappa shape index (κ1) is 18.3. The van der Waals surface area contributed by atoms with Gasteiger partial charge in [-0.3, -0.25) is 4.79 Å². The second kappa shape index (κ2) is 6.69. The highest BCUT2D eigenvalue weighted by atomic mass is 32.2. The van der Waals surface area contributed by atoms with E-state index in [0.717, 1.165) is 22.0 Å². The van der Waals surface area contributed by atoms with Crippen molar-refractivity contribution in [1.29, 1.82) is 0 Å². The maximum atomic E-state index is 12.6. The van der Waals surface area contributed by atoms with Crippen molar-refractivity contribution in [1.82, 2.24) is 4.57 Å². The molecule has 1 aromatic heterocycles. The minimum Gasteiger partial charge on any atom is -0.495 e. The number of ether oxygens (including phenoxy) is 1. The Kier molecular flexibility index (Phi) is 4.72. The average molecular weight is 390 g/mol. The van der Waals surface area contributed by atoms with Crippen molar-refractivity contribution in [2.75, 3.05) is 13.4 Å². The Labute approximate surface area is 155 Å². The standard InChI is InChI=1S/C18H18N2O4S2/c1-11-8-9-14(24-3)15-16(11)25-18(20(15)2)19-17(21)12-6-5-7-13(10-12)26(4,22)23/h5-10H,1-4H3. The zero-order chi connectivity index (χ0) is 19.1. The molecule has 2 aromatic carbocycles. The van der Waals surface area contributed by atoms with Crippen molar-refractivity contribution in [2.45, 2.75) is 11.8 Å². The SMILES string of the molecule is COc1ccc(C)c2sc(=NC(=O)c3cccc(S(C)(=O)=O)c3)n(C)c12. The van der Waals surface area contributed by atoms with Crippen LogP contribution < -0.4 is 9.54 Å². The van der Waals surface area contributed by atoms with Crippen LogP contribution in [0.4, 0.5) is 0 Å². The second-order valence-corrected chi connectivity index (χ2v) is 8.92. The molecule has 1 amide bonds. The summed E-state index contributed by atoms with van der Waals surface area (Å²) in [5.41, 5.74) is 2.16. The van der Waals surface area contributed by atoms with Crippen LogP contribution >= 0.6 is 11.3 Å². The summed E-state index contributed by atoms with van der Waals surface area (Å²) in [6.07, 6.45) is 1.11. The van der Waals surface area contributed by atoms with Gasteiger partial charge >= 0.3 is 0 Å². The number of hydrogen-bond donors (Lipinski definition) is 0. The van der Waals surface area contributed by atoms with Gasteiger partial charge in [-0.1, -0.05) is 23.5 Å². The summed E-state index contributed by atoms with van der Waals surface area (Å²) >= 11 is 1.39. The minimum absolute atomic E-state index is 0.0942. The number of rotatable bonds is 3. The first-order valence-electron chi connectivity index (χ1n) is 7.74. The number of benzene rings is 2. The molecule has 0 spiro atoms. The summed E-state index contributed by atoms with van der Waals surface area (Å²) in [6, 6.07) is 9.74. The van der Waals surface area contributed by atoms with E-state index in [2.05, 4.69) is 4.99 Å². The van der Waals surface area contributed by atoms with Crippen molar-refractivity contribution in [3.8, 4) is 5.75 Å². The van der Waals surface area contributed by atoms with E-state index in [1.165, 1.54) is 29.5 Å². The lowest BCUT2D eigenvalue weighted by molar-refractivity contribution is 0.0997. The Morgan fingerprint density at radius 1 is 1.23 bits per heavy atom. The molecule has 0 saturated carbocycles. The fourth-order valence-corrected chi connectivity index (χ4v) is 4.40. The maximum Gasteiger partial charge on any atom is 0.279 e. The normalized spacial score (nSPS) is 12.5. The number of sulfone groups is 1. The molecule has 3 aromatic rings. The molecule has 1 heterocycles. The number of amides is 1. The van der Waals surface area contributed by atoms with Crippen LogP contribution in [0.5, 0.6) is 5.75 Å². The van der Waals surface area contributed by atoms with Crippen LogP contribution in [0.15, 0.2) is 46.3 Å². The zero-order valence-corrected chi connectivity index (χ0v) is 16.4. The number of fused-ring (bicyclic) bond motifs is 1. The highest BCUT2D eigenvalue weighted by Gasteiger charge is 2.14. The number of methoxy groups -OCH3 is 1. The van der Waals surface area contributed by atoms with Crippen molar-refractivity contribution in [3.05, 3.63) is 52.3 Å². The molecule has 0 fully saturated rings. The van der Waals surface area contributed by atoms with Gasteiger partial charge in [0.15, 0.2) is 14.6 Å². The fraction of sp³-hybridized carbons (Fsp3) is 0.222. The molecule has 8 heteroatoms. The monoisotopic (exact) mass is 390 g/mol. The van der Waals surface area contributed by atoms with E-state index in [1.807, 2.05) is 30.7 Å². The molecule has 26 heavy (non-hydrogen) atoms. The zero-order valence-electron chi connectivity index (χ0n) is 14.8. The molecule has 0 radical (unpaired) electrons. The number of thiazole rings is 1. The smallest absolute Gasteiger partial charge is 0.279 e. The van der Waals surface area contributed by atoms with Crippen molar-refractivity contribution >= 4 is 37.3 Å². The summed E-state index contributed by atoms with van der Waals surface area (Å²) in [7, 11) is 0.0289. The highest BCUT2D eigenvalue weighted by molar-refractivity contribution is 7.90. The third kappa shape index (κ3) is 3.30. The van der Waals surface area contributed by atoms with Gasteiger partial charge in [0.1, 0.15) is 11.3 Å². The first-order valence-corrected chi connectivity index (χ1v) is 10.5. The Bertz CT molecular complexity index is 1190. The van der Waals surface area contributed by atoms with Crippen molar-refractivity contribution in [2.24, 2.45) is 12.0 Å². The molecule has 0 N–H and O–H groups in total. The predicted octanol–water partition coefficient (Wildman–Crippen LogP) is 2.70. The average Bonchev–Trinajstić information content (AvgIpc) is 2.93. The third-order valence-electron chi connectivity index (χ3n) is 4.03. The molecule has 0 saturated heterocycles. The summed E-state index contributed by atoms with van der Waals surface area (Å²) in [5, 5.41) is 0. The van der Waals surface area contributed by atoms with Gasteiger partial charge in [-0.2, -0.15) is 4.99 Å². The van der Waals surface area contributed by atoms with Crippen LogP contribution in [-0.4, -0.2) is 32.3 Å². The van der Waals surface area contributed by atoms with Gasteiger partial charge in [0.2, 0.25) is 0 Å². The van der Waals surface area contributed by atoms with Gasteiger partial charge in [-0.15, -0.1) is 0 Å². The third-order valence-corrected chi connectivity index (χ3v) is 6.41. The molecule has 6 nitrogen and oxygen atoms in total.